The zero-order valence-electron chi connectivity index (χ0n) is 3.30. The Balaban J connectivity index is -0.0000000275. The van der Waals surface area contributed by atoms with Crippen LogP contribution in [0.5, 0.6) is 0 Å². The molecule has 32 valence electrons. The van der Waals surface area contributed by atoms with Gasteiger partial charge in [-0.05, 0) is 11.0 Å². The minimum atomic E-state index is -2.00. The molecule has 0 aromatic carbocycles. The Bertz CT molecular complexity index is 40.1. The summed E-state index contributed by atoms with van der Waals surface area (Å²) in [5.41, 5.74) is 0. The van der Waals surface area contributed by atoms with E-state index < -0.39 is 19.1 Å². The molecule has 3 nitrogen and oxygen atoms in total. The molecule has 0 bridgehead atoms. The normalized spacial score (nSPS) is 1.83. The molecule has 0 atom stereocenters. The van der Waals surface area contributed by atoms with Crippen molar-refractivity contribution in [2.75, 3.05) is 0 Å². The van der Waals surface area contributed by atoms with E-state index in [0.717, 1.165) is 0 Å². The van der Waals surface area contributed by atoms with Gasteiger partial charge in [0.1, 0.15) is 0 Å². The van der Waals surface area contributed by atoms with Crippen molar-refractivity contribution in [3.8, 4) is 0 Å². The first-order valence-electron chi connectivity index (χ1n) is 0.644. The van der Waals surface area contributed by atoms with Crippen molar-refractivity contribution >= 4 is 27.2 Å². The second-order valence-corrected chi connectivity index (χ2v) is 0.344. The van der Waals surface area contributed by atoms with Crippen LogP contribution in [0.15, 0.2) is 0 Å². The summed E-state index contributed by atoms with van der Waals surface area (Å²) in [4.78, 5) is 0. The zero-order valence-corrected chi connectivity index (χ0v) is 8.02. The Hall–Kier alpha value is 0.864. The molecule has 0 heterocycles. The number of hydrogen-bond acceptors (Lipinski definition) is 3. The van der Waals surface area contributed by atoms with Gasteiger partial charge in [-0.2, -0.15) is 0 Å². The van der Waals surface area contributed by atoms with E-state index in [2.05, 4.69) is 0 Å². The largest absolute Gasteiger partial charge is 0.0125 e. The molecule has 0 aliphatic rings. The monoisotopic (exact) mass is 154 g/mol. The number of rotatable bonds is 0. The maximum atomic E-state index is 8.50. The van der Waals surface area contributed by atoms with Crippen molar-refractivity contribution in [3.05, 3.63) is 0 Å². The van der Waals surface area contributed by atoms with Gasteiger partial charge in [-0.25, -0.2) is 0 Å². The van der Waals surface area contributed by atoms with E-state index in [-0.39, 0.29) is 11.0 Å². The Morgan fingerprint density at radius 3 is 1.17 bits per heavy atom. The molecule has 0 saturated heterocycles. The van der Waals surface area contributed by atoms with Gasteiger partial charge in [-0.3, -0.25) is 0 Å². The van der Waals surface area contributed by atoms with Crippen LogP contribution in [0.2, 0.25) is 0 Å². The molecule has 0 spiro atoms. The first-order valence-corrected chi connectivity index (χ1v) is 2.39. The molecular weight excluding hydrogens is 151 g/mol. The van der Waals surface area contributed by atoms with Crippen LogP contribution in [0.25, 0.3) is 0 Å². The summed E-state index contributed by atoms with van der Waals surface area (Å²) >= 11 is -0.833. The van der Waals surface area contributed by atoms with Crippen molar-refractivity contribution in [2.45, 2.75) is 0 Å². The van der Waals surface area contributed by atoms with Crippen molar-refractivity contribution in [2.24, 2.45) is 0 Å². The van der Waals surface area contributed by atoms with E-state index in [9.17, 15) is 0 Å². The zero-order chi connectivity index (χ0) is 4.71. The van der Waals surface area contributed by atoms with Gasteiger partial charge in [0.15, 0.2) is 0 Å². The number of hydrogen-bond donors (Lipinski definition) is 0. The Morgan fingerprint density at radius 2 is 1.17 bits per heavy atom. The van der Waals surface area contributed by atoms with Gasteiger partial charge >= 0.3 is 45.8 Å². The van der Waals surface area contributed by atoms with Crippen LogP contribution in [0.1, 0.15) is 0 Å². The van der Waals surface area contributed by atoms with E-state index in [1.165, 1.54) is 16.2 Å². The maximum absolute atomic E-state index is 8.50. The quantitative estimate of drug-likeness (QED) is 0.382. The van der Waals surface area contributed by atoms with Crippen LogP contribution < -0.4 is 0 Å². The van der Waals surface area contributed by atoms with E-state index in [4.69, 9.17) is 10.5 Å². The van der Waals surface area contributed by atoms with Gasteiger partial charge in [0.25, 0.3) is 0 Å². The van der Waals surface area contributed by atoms with Gasteiger partial charge in [0.2, 0.25) is 0 Å². The molecule has 0 N–H and O–H groups in total. The SMILES string of the molecule is [O]=[Al].[O]=[Ti]=[O].[SiH3]. The van der Waals surface area contributed by atoms with E-state index in [1.54, 1.807) is 0 Å². The molecule has 0 aliphatic heterocycles. The molecule has 6 heavy (non-hydrogen) atoms. The Morgan fingerprint density at radius 1 is 1.17 bits per heavy atom. The fourth-order valence-corrected chi connectivity index (χ4v) is 0. The van der Waals surface area contributed by atoms with Crippen LogP contribution in [-0.4, -0.2) is 27.2 Å². The van der Waals surface area contributed by atoms with Gasteiger partial charge in [0.05, 0.1) is 0 Å². The summed E-state index contributed by atoms with van der Waals surface area (Å²) in [5.74, 6) is 0. The molecule has 0 aromatic heterocycles. The first kappa shape index (κ1) is 15.8. The average molecular weight is 154 g/mol. The summed E-state index contributed by atoms with van der Waals surface area (Å²) in [5, 5.41) is 0. The molecule has 0 amide bonds. The minimum absolute atomic E-state index is 0. The molecule has 0 saturated carbocycles. The summed E-state index contributed by atoms with van der Waals surface area (Å²) < 4.78 is 25.2. The maximum Gasteiger partial charge on any atom is -0.0125 e. The van der Waals surface area contributed by atoms with Crippen LogP contribution >= 0.6 is 0 Å². The molecule has 0 rings (SSSR count). The third kappa shape index (κ3) is 97.3. The van der Waals surface area contributed by atoms with Crippen LogP contribution in [0.4, 0.5) is 0 Å². The third-order valence-electron chi connectivity index (χ3n) is 0. The summed E-state index contributed by atoms with van der Waals surface area (Å²) in [6, 6.07) is 0. The second kappa shape index (κ2) is 39.9. The average Bonchev–Trinajstić information content (AvgIpc) is 1.46. The van der Waals surface area contributed by atoms with E-state index >= 15 is 0 Å². The van der Waals surface area contributed by atoms with Gasteiger partial charge in [0, 0.05) is 0 Å². The van der Waals surface area contributed by atoms with Crippen molar-refractivity contribution in [1.29, 1.82) is 0 Å². The van der Waals surface area contributed by atoms with Crippen LogP contribution in [0, 0.1) is 0 Å². The summed E-state index contributed by atoms with van der Waals surface area (Å²) in [6.07, 6.45) is 0. The fourth-order valence-electron chi connectivity index (χ4n) is 0. The van der Waals surface area contributed by atoms with Crippen molar-refractivity contribution < 1.29 is 29.5 Å². The topological polar surface area (TPSA) is 51.2 Å². The molecule has 0 aromatic rings. The molecule has 0 unspecified atom stereocenters. The molecule has 0 aliphatic carbocycles. The second-order valence-electron chi connectivity index (χ2n) is 0.0833. The fraction of sp³-hybridized carbons (Fsp3) is 0. The first-order chi connectivity index (χ1) is 2.41. The van der Waals surface area contributed by atoms with Gasteiger partial charge < -0.3 is 0 Å². The minimum Gasteiger partial charge on any atom is -0.0125 e. The third-order valence-corrected chi connectivity index (χ3v) is 0. The Kier molecular flexibility index (Phi) is 105. The predicted octanol–water partition coefficient (Wildman–Crippen LogP) is -1.92. The Labute approximate surface area is 56.7 Å². The van der Waals surface area contributed by atoms with Crippen LogP contribution in [0.3, 0.4) is 0 Å². The molecule has 0 fully saturated rings. The predicted molar refractivity (Wildman–Crippen MR) is 17.8 cm³/mol. The molecule has 6 heteroatoms. The standard InChI is InChI=1S/Al.3O.H3Si.Ti/h;;;;1H3;. The molecule has 2 radical (unpaired) electrons. The van der Waals surface area contributed by atoms with Gasteiger partial charge in [-0.15, -0.1) is 0 Å². The van der Waals surface area contributed by atoms with Crippen molar-refractivity contribution in [1.82, 2.24) is 0 Å². The van der Waals surface area contributed by atoms with Crippen molar-refractivity contribution in [3.63, 3.8) is 0 Å². The van der Waals surface area contributed by atoms with Crippen LogP contribution in [-0.2, 0) is 29.5 Å². The summed E-state index contributed by atoms with van der Waals surface area (Å²) in [7, 11) is 0. The molecular formula is H3AlO3SiTi. The smallest absolute Gasteiger partial charge is 0.0125 e. The van der Waals surface area contributed by atoms with E-state index in [1.807, 2.05) is 0 Å². The van der Waals surface area contributed by atoms with Gasteiger partial charge in [-0.1, -0.05) is 0 Å². The van der Waals surface area contributed by atoms with E-state index in [0.29, 0.717) is 0 Å². The summed E-state index contributed by atoms with van der Waals surface area (Å²) in [6.45, 7) is 0.